The van der Waals surface area contributed by atoms with E-state index in [1.54, 1.807) is 31.5 Å². The minimum absolute atomic E-state index is 0.0340. The van der Waals surface area contributed by atoms with E-state index in [1.807, 2.05) is 42.5 Å². The van der Waals surface area contributed by atoms with Crippen molar-refractivity contribution < 1.29 is 18.4 Å². The number of oxazole rings is 2. The van der Waals surface area contributed by atoms with Gasteiger partial charge in [0.15, 0.2) is 17.9 Å². The molecule has 2 aromatic heterocycles. The highest BCUT2D eigenvalue weighted by molar-refractivity contribution is 5.78. The second kappa shape index (κ2) is 9.36. The zero-order valence-electron chi connectivity index (χ0n) is 17.7. The molecule has 32 heavy (non-hydrogen) atoms. The van der Waals surface area contributed by atoms with E-state index in [9.17, 15) is 4.79 Å². The van der Waals surface area contributed by atoms with Gasteiger partial charge in [-0.2, -0.15) is 0 Å². The third-order valence-corrected chi connectivity index (χ3v) is 4.95. The molecule has 0 bridgehead atoms. The first-order chi connectivity index (χ1) is 15.6. The molecular weight excluding hydrogens is 410 g/mol. The van der Waals surface area contributed by atoms with Crippen molar-refractivity contribution in [3.05, 3.63) is 66.8 Å². The number of methoxy groups -OCH3 is 1. The number of aromatic nitrogens is 2. The maximum atomic E-state index is 11.9. The normalized spacial score (nSPS) is 10.7. The third-order valence-electron chi connectivity index (χ3n) is 4.95. The molecule has 9 heteroatoms. The van der Waals surface area contributed by atoms with Crippen LogP contribution in [0.15, 0.2) is 70.1 Å². The molecule has 0 radical (unpaired) electrons. The van der Waals surface area contributed by atoms with Crippen LogP contribution in [0.5, 0.6) is 5.75 Å². The van der Waals surface area contributed by atoms with Gasteiger partial charge >= 0.3 is 0 Å². The average molecular weight is 433 g/mol. The Morgan fingerprint density at radius 1 is 1.16 bits per heavy atom. The topological polar surface area (TPSA) is 120 Å². The largest absolute Gasteiger partial charge is 0.496 e. The van der Waals surface area contributed by atoms with E-state index in [2.05, 4.69) is 15.3 Å². The number of ether oxygens (including phenoxy) is 1. The fourth-order valence-electron chi connectivity index (χ4n) is 3.30. The number of anilines is 2. The number of hydrogen-bond donors (Lipinski definition) is 2. The molecule has 9 nitrogen and oxygen atoms in total. The molecular formula is C23H23N5O4. The predicted molar refractivity (Wildman–Crippen MR) is 119 cm³/mol. The highest BCUT2D eigenvalue weighted by Crippen LogP contribution is 2.34. The van der Waals surface area contributed by atoms with E-state index in [1.165, 1.54) is 6.39 Å². The van der Waals surface area contributed by atoms with Gasteiger partial charge in [-0.05, 0) is 17.7 Å². The molecule has 0 atom stereocenters. The van der Waals surface area contributed by atoms with E-state index < -0.39 is 0 Å². The maximum absolute atomic E-state index is 11.9. The first kappa shape index (κ1) is 21.1. The summed E-state index contributed by atoms with van der Waals surface area (Å²) in [4.78, 5) is 21.7. The van der Waals surface area contributed by atoms with E-state index >= 15 is 0 Å². The van der Waals surface area contributed by atoms with Gasteiger partial charge < -0.3 is 29.5 Å². The summed E-state index contributed by atoms with van der Waals surface area (Å²) in [5, 5.41) is 3.14. The molecule has 0 unspecified atom stereocenters. The van der Waals surface area contributed by atoms with Crippen molar-refractivity contribution in [1.82, 2.24) is 14.9 Å². The van der Waals surface area contributed by atoms with Gasteiger partial charge in [0.2, 0.25) is 5.91 Å². The summed E-state index contributed by atoms with van der Waals surface area (Å²) in [6.07, 6.45) is 4.64. The van der Waals surface area contributed by atoms with Crippen LogP contribution in [0.1, 0.15) is 5.56 Å². The minimum atomic E-state index is -0.137. The van der Waals surface area contributed by atoms with Crippen molar-refractivity contribution in [1.29, 1.82) is 0 Å². The van der Waals surface area contributed by atoms with E-state index in [-0.39, 0.29) is 12.5 Å². The molecule has 0 spiro atoms. The van der Waals surface area contributed by atoms with Crippen molar-refractivity contribution in [2.75, 3.05) is 26.0 Å². The summed E-state index contributed by atoms with van der Waals surface area (Å²) in [6, 6.07) is 13.6. The number of carbonyl (C=O) groups is 1. The van der Waals surface area contributed by atoms with Crippen molar-refractivity contribution in [3.8, 4) is 28.4 Å². The molecule has 3 N–H and O–H groups in total. The smallest absolute Gasteiger partial charge is 0.299 e. The Hall–Kier alpha value is -4.11. The first-order valence-corrected chi connectivity index (χ1v) is 9.91. The van der Waals surface area contributed by atoms with Crippen LogP contribution >= 0.6 is 0 Å². The lowest BCUT2D eigenvalue weighted by molar-refractivity contribution is -0.128. The van der Waals surface area contributed by atoms with Crippen LogP contribution in [0.25, 0.3) is 22.6 Å². The van der Waals surface area contributed by atoms with Gasteiger partial charge in [0.05, 0.1) is 31.6 Å². The standard InChI is InChI=1S/C23H23N5O4/c1-28(22(29)10-24)13-15-5-3-4-6-17(15)21-12-26-23(32-21)27-16-7-8-18(19(9-16)30-2)20-11-25-14-31-20/h3-9,11-12,14H,10,13,24H2,1-2H3,(H,26,27). The first-order valence-electron chi connectivity index (χ1n) is 9.91. The average Bonchev–Trinajstić information content (AvgIpc) is 3.51. The molecule has 0 saturated carbocycles. The van der Waals surface area contributed by atoms with Gasteiger partial charge in [0.1, 0.15) is 5.75 Å². The van der Waals surface area contributed by atoms with E-state index in [4.69, 9.17) is 19.3 Å². The van der Waals surface area contributed by atoms with E-state index in [0.717, 1.165) is 22.4 Å². The number of nitrogens with zero attached hydrogens (tertiary/aromatic N) is 3. The lowest BCUT2D eigenvalue weighted by atomic mass is 10.1. The molecule has 0 fully saturated rings. The number of carbonyl (C=O) groups excluding carboxylic acids is 1. The highest BCUT2D eigenvalue weighted by atomic mass is 16.5. The SMILES string of the molecule is COc1cc(Nc2ncc(-c3ccccc3CN(C)C(=O)CN)o2)ccc1-c1cnco1. The van der Waals surface area contributed by atoms with Crippen LogP contribution in [-0.2, 0) is 11.3 Å². The fourth-order valence-corrected chi connectivity index (χ4v) is 3.30. The number of benzene rings is 2. The second-order valence-electron chi connectivity index (χ2n) is 7.05. The Balaban J connectivity index is 1.55. The van der Waals surface area contributed by atoms with Gasteiger partial charge in [0, 0.05) is 30.9 Å². The molecule has 2 aromatic carbocycles. The fraction of sp³-hybridized carbons (Fsp3) is 0.174. The molecule has 0 saturated heterocycles. The summed E-state index contributed by atoms with van der Waals surface area (Å²) in [7, 11) is 3.31. The van der Waals surface area contributed by atoms with Gasteiger partial charge in [-0.1, -0.05) is 24.3 Å². The molecule has 164 valence electrons. The van der Waals surface area contributed by atoms with Crippen LogP contribution in [0.3, 0.4) is 0 Å². The Kier molecular flexibility index (Phi) is 6.18. The Labute approximate surface area is 184 Å². The Morgan fingerprint density at radius 2 is 2.00 bits per heavy atom. The van der Waals surface area contributed by atoms with Crippen LogP contribution in [0.2, 0.25) is 0 Å². The van der Waals surface area contributed by atoms with Crippen LogP contribution < -0.4 is 15.8 Å². The summed E-state index contributed by atoms with van der Waals surface area (Å²) in [6.45, 7) is 0.379. The van der Waals surface area contributed by atoms with Gasteiger partial charge in [-0.25, -0.2) is 9.97 Å². The molecule has 1 amide bonds. The lowest BCUT2D eigenvalue weighted by Gasteiger charge is -2.17. The number of rotatable bonds is 8. The number of nitrogens with two attached hydrogens (primary N) is 1. The number of amides is 1. The lowest BCUT2D eigenvalue weighted by Crippen LogP contribution is -2.32. The van der Waals surface area contributed by atoms with Crippen molar-refractivity contribution in [3.63, 3.8) is 0 Å². The monoisotopic (exact) mass is 433 g/mol. The van der Waals surface area contributed by atoms with Gasteiger partial charge in [-0.3, -0.25) is 4.79 Å². The second-order valence-corrected chi connectivity index (χ2v) is 7.05. The van der Waals surface area contributed by atoms with E-state index in [0.29, 0.717) is 29.8 Å². The molecule has 2 heterocycles. The molecule has 4 rings (SSSR count). The zero-order chi connectivity index (χ0) is 22.5. The summed E-state index contributed by atoms with van der Waals surface area (Å²) in [5.74, 6) is 1.68. The third kappa shape index (κ3) is 4.47. The zero-order valence-corrected chi connectivity index (χ0v) is 17.7. The highest BCUT2D eigenvalue weighted by Gasteiger charge is 2.15. The molecule has 0 aliphatic carbocycles. The van der Waals surface area contributed by atoms with Gasteiger partial charge in [0.25, 0.3) is 6.01 Å². The molecule has 0 aliphatic heterocycles. The Bertz CT molecular complexity index is 1200. The minimum Gasteiger partial charge on any atom is -0.496 e. The summed E-state index contributed by atoms with van der Waals surface area (Å²) in [5.41, 5.74) is 8.76. The number of nitrogens with one attached hydrogen (secondary N) is 1. The van der Waals surface area contributed by atoms with Crippen molar-refractivity contribution >= 4 is 17.6 Å². The van der Waals surface area contributed by atoms with Crippen LogP contribution in [-0.4, -0.2) is 41.5 Å². The van der Waals surface area contributed by atoms with Crippen molar-refractivity contribution in [2.24, 2.45) is 5.73 Å². The van der Waals surface area contributed by atoms with Crippen LogP contribution in [0, 0.1) is 0 Å². The predicted octanol–water partition coefficient (Wildman–Crippen LogP) is 3.67. The Morgan fingerprint density at radius 3 is 2.75 bits per heavy atom. The number of likely N-dealkylation sites (N-methyl/N-ethyl adjacent to an activating group) is 1. The van der Waals surface area contributed by atoms with Gasteiger partial charge in [-0.15, -0.1) is 0 Å². The number of hydrogen-bond acceptors (Lipinski definition) is 8. The van der Waals surface area contributed by atoms with Crippen LogP contribution in [0.4, 0.5) is 11.7 Å². The summed E-state index contributed by atoms with van der Waals surface area (Å²) < 4.78 is 16.8. The molecule has 0 aliphatic rings. The molecule has 4 aromatic rings. The quantitative estimate of drug-likeness (QED) is 0.432. The van der Waals surface area contributed by atoms with Crippen molar-refractivity contribution in [2.45, 2.75) is 6.54 Å². The summed E-state index contributed by atoms with van der Waals surface area (Å²) >= 11 is 0. The maximum Gasteiger partial charge on any atom is 0.299 e.